The van der Waals surface area contributed by atoms with Gasteiger partial charge in [-0.3, -0.25) is 4.79 Å². The van der Waals surface area contributed by atoms with Crippen LogP contribution in [0.2, 0.25) is 0 Å². The van der Waals surface area contributed by atoms with Gasteiger partial charge in [0.05, 0.1) is 5.52 Å². The summed E-state index contributed by atoms with van der Waals surface area (Å²) in [5, 5.41) is 3.84. The maximum atomic E-state index is 13.4. The first kappa shape index (κ1) is 22.4. The Labute approximate surface area is 175 Å². The quantitative estimate of drug-likeness (QED) is 0.665. The Hall–Kier alpha value is -2.31. The number of nitrogens with zero attached hydrogens (tertiary/aromatic N) is 2. The van der Waals surface area contributed by atoms with Crippen LogP contribution in [0.5, 0.6) is 0 Å². The molecule has 30 heavy (non-hydrogen) atoms. The van der Waals surface area contributed by atoms with Crippen LogP contribution in [0.15, 0.2) is 30.3 Å². The van der Waals surface area contributed by atoms with E-state index in [1.165, 1.54) is 0 Å². The summed E-state index contributed by atoms with van der Waals surface area (Å²) < 4.78 is 40.1. The van der Waals surface area contributed by atoms with Crippen molar-refractivity contribution < 1.29 is 18.0 Å². The second kappa shape index (κ2) is 9.23. The van der Waals surface area contributed by atoms with Gasteiger partial charge in [-0.15, -0.1) is 0 Å². The van der Waals surface area contributed by atoms with E-state index in [1.807, 2.05) is 24.1 Å². The average Bonchev–Trinajstić information content (AvgIpc) is 2.71. The molecule has 1 aromatic carbocycles. The number of rotatable bonds is 6. The third-order valence-electron chi connectivity index (χ3n) is 5.92. The van der Waals surface area contributed by atoms with Crippen LogP contribution in [0.4, 0.5) is 18.9 Å². The number of hydrogen-bond donors (Lipinski definition) is 1. The van der Waals surface area contributed by atoms with Gasteiger partial charge in [0.2, 0.25) is 5.91 Å². The van der Waals surface area contributed by atoms with Gasteiger partial charge < -0.3 is 10.2 Å². The number of aromatic nitrogens is 1. The Kier molecular flexibility index (Phi) is 6.88. The van der Waals surface area contributed by atoms with Crippen molar-refractivity contribution in [2.45, 2.75) is 70.6 Å². The van der Waals surface area contributed by atoms with Crippen LogP contribution in [0, 0.1) is 5.92 Å². The van der Waals surface area contributed by atoms with Gasteiger partial charge in [-0.25, -0.2) is 4.98 Å². The number of pyridine rings is 1. The fourth-order valence-electron chi connectivity index (χ4n) is 4.12. The number of benzene rings is 1. The monoisotopic (exact) mass is 421 g/mol. The molecule has 3 rings (SSSR count). The number of nitrogens with one attached hydrogen (secondary N) is 1. The Morgan fingerprint density at radius 3 is 2.50 bits per heavy atom. The minimum atomic E-state index is -4.49. The van der Waals surface area contributed by atoms with E-state index >= 15 is 0 Å². The number of halogens is 3. The fourth-order valence-corrected chi connectivity index (χ4v) is 4.12. The van der Waals surface area contributed by atoms with Gasteiger partial charge in [0, 0.05) is 36.6 Å². The lowest BCUT2D eigenvalue weighted by molar-refractivity contribution is -0.140. The van der Waals surface area contributed by atoms with Crippen LogP contribution in [-0.4, -0.2) is 30.0 Å². The number of carbonyl (C=O) groups excluding carboxylic acids is 1. The third kappa shape index (κ3) is 5.43. The molecule has 1 amide bonds. The van der Waals surface area contributed by atoms with Gasteiger partial charge in [-0.1, -0.05) is 32.0 Å². The van der Waals surface area contributed by atoms with E-state index in [4.69, 9.17) is 0 Å². The van der Waals surface area contributed by atoms with Crippen LogP contribution in [0.25, 0.3) is 10.9 Å². The molecule has 0 atom stereocenters. The van der Waals surface area contributed by atoms with Crippen molar-refractivity contribution in [2.75, 3.05) is 11.9 Å². The van der Waals surface area contributed by atoms with Crippen molar-refractivity contribution in [3.05, 3.63) is 36.0 Å². The lowest BCUT2D eigenvalue weighted by Gasteiger charge is -2.37. The Morgan fingerprint density at radius 2 is 1.87 bits per heavy atom. The van der Waals surface area contributed by atoms with Crippen molar-refractivity contribution in [1.82, 2.24) is 10.3 Å². The van der Waals surface area contributed by atoms with Crippen molar-refractivity contribution in [3.8, 4) is 0 Å². The topological polar surface area (TPSA) is 45.2 Å². The minimum absolute atomic E-state index is 0.0930. The molecule has 0 aliphatic heterocycles. The molecule has 1 fully saturated rings. The predicted octanol–water partition coefficient (Wildman–Crippen LogP) is 5.55. The summed E-state index contributed by atoms with van der Waals surface area (Å²) in [6.45, 7) is 4.20. The molecule has 0 unspecified atom stereocenters. The molecular formula is C23H30F3N3O. The normalized spacial score (nSPS) is 19.8. The van der Waals surface area contributed by atoms with Crippen LogP contribution < -0.4 is 10.2 Å². The van der Waals surface area contributed by atoms with Gasteiger partial charge >= 0.3 is 6.18 Å². The summed E-state index contributed by atoms with van der Waals surface area (Å²) >= 11 is 0. The summed E-state index contributed by atoms with van der Waals surface area (Å²) in [6.07, 6.45) is 0.237. The lowest BCUT2D eigenvalue weighted by Crippen LogP contribution is -2.43. The summed E-state index contributed by atoms with van der Waals surface area (Å²) in [7, 11) is 1.86. The largest absolute Gasteiger partial charge is 0.433 e. The highest BCUT2D eigenvalue weighted by Crippen LogP contribution is 2.36. The molecule has 0 spiro atoms. The third-order valence-corrected chi connectivity index (χ3v) is 5.92. The standard InChI is InChI=1S/C23H30F3N3O/c1-15(2)8-13-22(30)27-16-9-11-17(12-10-16)29(3)20-14-21(23(24,25)26)28-19-7-5-4-6-18(19)20/h4-7,14-17H,8-13H2,1-3H3,(H,27,30)/t16-,17+. The Bertz CT molecular complexity index is 874. The first-order chi connectivity index (χ1) is 14.1. The second-order valence-corrected chi connectivity index (χ2v) is 8.66. The molecule has 1 aliphatic rings. The van der Waals surface area contributed by atoms with Gasteiger partial charge in [-0.2, -0.15) is 13.2 Å². The maximum Gasteiger partial charge on any atom is 0.433 e. The number of anilines is 1. The zero-order valence-electron chi connectivity index (χ0n) is 17.8. The fraction of sp³-hybridized carbons (Fsp3) is 0.565. The SMILES string of the molecule is CC(C)CCC(=O)N[C@H]1CC[C@@H](N(C)c2cc(C(F)(F)F)nc3ccccc23)CC1. The summed E-state index contributed by atoms with van der Waals surface area (Å²) in [5.41, 5.74) is 0.0340. The van der Waals surface area contributed by atoms with Crippen molar-refractivity contribution >= 4 is 22.5 Å². The number of hydrogen-bond acceptors (Lipinski definition) is 3. The van der Waals surface area contributed by atoms with Crippen molar-refractivity contribution in [2.24, 2.45) is 5.92 Å². The first-order valence-electron chi connectivity index (χ1n) is 10.6. The summed E-state index contributed by atoms with van der Waals surface area (Å²) in [4.78, 5) is 17.9. The average molecular weight is 422 g/mol. The Morgan fingerprint density at radius 1 is 1.20 bits per heavy atom. The molecule has 1 aliphatic carbocycles. The Balaban J connectivity index is 1.70. The van der Waals surface area contributed by atoms with E-state index in [0.717, 1.165) is 43.6 Å². The molecule has 1 saturated carbocycles. The zero-order valence-corrected chi connectivity index (χ0v) is 17.8. The van der Waals surface area contributed by atoms with Crippen molar-refractivity contribution in [3.63, 3.8) is 0 Å². The number of alkyl halides is 3. The van der Waals surface area contributed by atoms with Gasteiger partial charge in [0.1, 0.15) is 5.69 Å². The van der Waals surface area contributed by atoms with E-state index < -0.39 is 11.9 Å². The second-order valence-electron chi connectivity index (χ2n) is 8.66. The molecule has 164 valence electrons. The smallest absolute Gasteiger partial charge is 0.371 e. The molecule has 1 N–H and O–H groups in total. The first-order valence-corrected chi connectivity index (χ1v) is 10.6. The number of para-hydroxylation sites is 1. The number of fused-ring (bicyclic) bond motifs is 1. The van der Waals surface area contributed by atoms with Crippen LogP contribution in [-0.2, 0) is 11.0 Å². The molecule has 0 bridgehead atoms. The van der Waals surface area contributed by atoms with Crippen LogP contribution in [0.1, 0.15) is 58.1 Å². The summed E-state index contributed by atoms with van der Waals surface area (Å²) in [6, 6.07) is 8.38. The maximum absolute atomic E-state index is 13.4. The van der Waals surface area contributed by atoms with Crippen LogP contribution in [0.3, 0.4) is 0 Å². The van der Waals surface area contributed by atoms with Gasteiger partial charge in [0.15, 0.2) is 0 Å². The molecule has 0 saturated heterocycles. The zero-order chi connectivity index (χ0) is 21.9. The molecular weight excluding hydrogens is 391 g/mol. The van der Waals surface area contributed by atoms with Gasteiger partial charge in [0.25, 0.3) is 0 Å². The van der Waals surface area contributed by atoms with E-state index in [1.54, 1.807) is 12.1 Å². The lowest BCUT2D eigenvalue weighted by atomic mass is 9.89. The van der Waals surface area contributed by atoms with Crippen molar-refractivity contribution in [1.29, 1.82) is 0 Å². The minimum Gasteiger partial charge on any atom is -0.371 e. The van der Waals surface area contributed by atoms with E-state index in [2.05, 4.69) is 24.1 Å². The molecule has 2 aromatic rings. The number of amides is 1. The molecule has 1 aromatic heterocycles. The van der Waals surface area contributed by atoms with E-state index in [9.17, 15) is 18.0 Å². The number of carbonyl (C=O) groups is 1. The highest BCUT2D eigenvalue weighted by Gasteiger charge is 2.34. The highest BCUT2D eigenvalue weighted by atomic mass is 19.4. The molecule has 1 heterocycles. The van der Waals surface area contributed by atoms with E-state index in [-0.39, 0.29) is 18.0 Å². The molecule has 4 nitrogen and oxygen atoms in total. The van der Waals surface area contributed by atoms with E-state index in [0.29, 0.717) is 23.5 Å². The summed E-state index contributed by atoms with van der Waals surface area (Å²) in [5.74, 6) is 0.590. The predicted molar refractivity (Wildman–Crippen MR) is 113 cm³/mol. The van der Waals surface area contributed by atoms with Gasteiger partial charge in [-0.05, 0) is 50.2 Å². The van der Waals surface area contributed by atoms with Crippen LogP contribution >= 0.6 is 0 Å². The molecule has 0 radical (unpaired) electrons. The molecule has 7 heteroatoms. The highest BCUT2D eigenvalue weighted by molar-refractivity contribution is 5.92.